The Kier molecular flexibility index (Phi) is 7.55. The second-order valence-corrected chi connectivity index (χ2v) is 8.55. The summed E-state index contributed by atoms with van der Waals surface area (Å²) in [7, 11) is 0. The first kappa shape index (κ1) is 23.1. The minimum atomic E-state index is -1.05. The van der Waals surface area contributed by atoms with Crippen molar-refractivity contribution in [2.24, 2.45) is 5.92 Å². The van der Waals surface area contributed by atoms with Gasteiger partial charge in [-0.05, 0) is 30.2 Å². The minimum absolute atomic E-state index is 0.140. The molecule has 2 amide bonds. The lowest BCUT2D eigenvalue weighted by molar-refractivity contribution is -0.138. The summed E-state index contributed by atoms with van der Waals surface area (Å²) in [6.45, 7) is 4.32. The van der Waals surface area contributed by atoms with E-state index in [0.717, 1.165) is 0 Å². The fraction of sp³-hybridized carbons (Fsp3) is 0.348. The van der Waals surface area contributed by atoms with Gasteiger partial charge in [0.1, 0.15) is 18.8 Å². The van der Waals surface area contributed by atoms with E-state index in [1.54, 1.807) is 29.2 Å². The first-order valence-electron chi connectivity index (χ1n) is 9.96. The summed E-state index contributed by atoms with van der Waals surface area (Å²) in [6, 6.07) is 14.4. The van der Waals surface area contributed by atoms with Crippen molar-refractivity contribution in [1.82, 2.24) is 5.32 Å². The summed E-state index contributed by atoms with van der Waals surface area (Å²) in [5, 5.41) is 12.2. The summed E-state index contributed by atoms with van der Waals surface area (Å²) in [5.74, 6) is -0.581. The molecule has 0 spiro atoms. The maximum absolute atomic E-state index is 13.5. The van der Waals surface area contributed by atoms with Crippen molar-refractivity contribution in [1.29, 1.82) is 5.26 Å². The van der Waals surface area contributed by atoms with Crippen molar-refractivity contribution in [3.05, 3.63) is 63.6 Å². The van der Waals surface area contributed by atoms with Gasteiger partial charge >= 0.3 is 0 Å². The number of hydrogen-bond acceptors (Lipinski definition) is 4. The zero-order chi connectivity index (χ0) is 22.5. The van der Waals surface area contributed by atoms with Crippen LogP contribution in [0.4, 0.5) is 5.69 Å². The third-order valence-corrected chi connectivity index (χ3v) is 5.45. The van der Waals surface area contributed by atoms with Crippen molar-refractivity contribution in [2.45, 2.75) is 32.5 Å². The van der Waals surface area contributed by atoms with Gasteiger partial charge in [0.2, 0.25) is 5.91 Å². The largest absolute Gasteiger partial charge is 0.355 e. The molecule has 0 aliphatic carbocycles. The molecule has 1 aliphatic rings. The van der Waals surface area contributed by atoms with E-state index in [1.807, 2.05) is 38.1 Å². The van der Waals surface area contributed by atoms with Crippen LogP contribution in [0.5, 0.6) is 0 Å². The van der Waals surface area contributed by atoms with Gasteiger partial charge in [-0.15, -0.1) is 0 Å². The molecule has 1 heterocycles. The number of carbonyl (C=O) groups is 2. The second kappa shape index (κ2) is 10.1. The lowest BCUT2D eigenvalue weighted by atomic mass is 9.99. The lowest BCUT2D eigenvalue weighted by Crippen LogP contribution is -2.43. The maximum atomic E-state index is 13.5. The topological polar surface area (TPSA) is 82.4 Å². The zero-order valence-corrected chi connectivity index (χ0v) is 18.8. The van der Waals surface area contributed by atoms with Gasteiger partial charge in [-0.3, -0.25) is 9.59 Å². The molecule has 1 N–H and O–H groups in total. The van der Waals surface area contributed by atoms with Crippen molar-refractivity contribution in [3.8, 4) is 6.07 Å². The number of amides is 2. The summed E-state index contributed by atoms with van der Waals surface area (Å²) >= 11 is 12.8. The van der Waals surface area contributed by atoms with Crippen molar-refractivity contribution in [3.63, 3.8) is 0 Å². The van der Waals surface area contributed by atoms with Gasteiger partial charge in [0.05, 0.1) is 12.5 Å². The number of nitrogens with zero attached hydrogens (tertiary/aromatic N) is 2. The highest BCUT2D eigenvalue weighted by Crippen LogP contribution is 2.42. The van der Waals surface area contributed by atoms with Crippen LogP contribution in [0.25, 0.3) is 0 Å². The van der Waals surface area contributed by atoms with E-state index in [9.17, 15) is 9.59 Å². The molecule has 0 aromatic heterocycles. The molecule has 2 aromatic carbocycles. The SMILES string of the molecule is CC(C)CN1C(=O)[C@H](CC(=O)NCC#N)O[C@@H](c2ccccc2Cl)c2cc(Cl)ccc21. The summed E-state index contributed by atoms with van der Waals surface area (Å²) in [5.41, 5.74) is 2.05. The van der Waals surface area contributed by atoms with Crippen molar-refractivity contribution >= 4 is 40.7 Å². The molecular formula is C23H23Cl2N3O3. The van der Waals surface area contributed by atoms with Crippen LogP contribution < -0.4 is 10.2 Å². The number of ether oxygens (including phenoxy) is 1. The van der Waals surface area contributed by atoms with Crippen LogP contribution in [0.15, 0.2) is 42.5 Å². The van der Waals surface area contributed by atoms with E-state index in [0.29, 0.717) is 33.4 Å². The molecular weight excluding hydrogens is 437 g/mol. The molecule has 31 heavy (non-hydrogen) atoms. The molecule has 8 heteroatoms. The maximum Gasteiger partial charge on any atom is 0.256 e. The van der Waals surface area contributed by atoms with Gasteiger partial charge in [-0.1, -0.05) is 55.2 Å². The number of nitriles is 1. The number of nitrogens with one attached hydrogen (secondary N) is 1. The average Bonchev–Trinajstić information content (AvgIpc) is 2.83. The number of carbonyl (C=O) groups excluding carboxylic acids is 2. The van der Waals surface area contributed by atoms with Gasteiger partial charge in [0, 0.05) is 33.4 Å². The van der Waals surface area contributed by atoms with E-state index in [1.165, 1.54) is 0 Å². The van der Waals surface area contributed by atoms with Crippen LogP contribution in [0.3, 0.4) is 0 Å². The van der Waals surface area contributed by atoms with Crippen molar-refractivity contribution in [2.75, 3.05) is 18.0 Å². The van der Waals surface area contributed by atoms with Gasteiger partial charge in [0.25, 0.3) is 5.91 Å². The molecule has 2 atom stereocenters. The molecule has 3 rings (SSSR count). The molecule has 0 bridgehead atoms. The van der Waals surface area contributed by atoms with Gasteiger partial charge in [-0.25, -0.2) is 0 Å². The highest BCUT2D eigenvalue weighted by atomic mass is 35.5. The summed E-state index contributed by atoms with van der Waals surface area (Å²) < 4.78 is 6.26. The lowest BCUT2D eigenvalue weighted by Gasteiger charge is -2.26. The van der Waals surface area contributed by atoms with Crippen LogP contribution in [-0.4, -0.2) is 31.0 Å². The van der Waals surface area contributed by atoms with Gasteiger partial charge in [-0.2, -0.15) is 5.26 Å². The quantitative estimate of drug-likeness (QED) is 0.644. The minimum Gasteiger partial charge on any atom is -0.355 e. The Hall–Kier alpha value is -2.59. The average molecular weight is 460 g/mol. The summed E-state index contributed by atoms with van der Waals surface area (Å²) in [4.78, 5) is 27.5. The molecule has 0 saturated heterocycles. The third kappa shape index (κ3) is 5.37. The number of hydrogen-bond donors (Lipinski definition) is 1. The number of rotatable bonds is 6. The molecule has 162 valence electrons. The van der Waals surface area contributed by atoms with Gasteiger partial charge in [0.15, 0.2) is 0 Å². The van der Waals surface area contributed by atoms with Crippen LogP contribution in [0, 0.1) is 17.2 Å². The van der Waals surface area contributed by atoms with E-state index in [-0.39, 0.29) is 24.8 Å². The Labute approximate surface area is 191 Å². The molecule has 1 aliphatic heterocycles. The third-order valence-electron chi connectivity index (χ3n) is 4.88. The zero-order valence-electron chi connectivity index (χ0n) is 17.3. The van der Waals surface area contributed by atoms with Crippen LogP contribution in [0.1, 0.15) is 37.5 Å². The Morgan fingerprint density at radius 3 is 2.65 bits per heavy atom. The predicted octanol–water partition coefficient (Wildman–Crippen LogP) is 4.50. The fourth-order valence-electron chi connectivity index (χ4n) is 3.57. The normalized spacial score (nSPS) is 18.3. The molecule has 0 fully saturated rings. The Bertz CT molecular complexity index is 1020. The Morgan fingerprint density at radius 2 is 1.97 bits per heavy atom. The summed E-state index contributed by atoms with van der Waals surface area (Å²) in [6.07, 6.45) is -1.96. The smallest absolute Gasteiger partial charge is 0.256 e. The number of fused-ring (bicyclic) bond motifs is 1. The Balaban J connectivity index is 2.12. The molecule has 0 radical (unpaired) electrons. The van der Waals surface area contributed by atoms with Crippen molar-refractivity contribution < 1.29 is 14.3 Å². The first-order valence-corrected chi connectivity index (χ1v) is 10.7. The number of anilines is 1. The van der Waals surface area contributed by atoms with E-state index in [2.05, 4.69) is 5.32 Å². The van der Waals surface area contributed by atoms with Gasteiger partial charge < -0.3 is 15.0 Å². The monoisotopic (exact) mass is 459 g/mol. The fourth-order valence-corrected chi connectivity index (χ4v) is 3.98. The second-order valence-electron chi connectivity index (χ2n) is 7.71. The molecule has 2 aromatic rings. The standard InChI is InChI=1S/C23H23Cl2N3O3/c1-14(2)13-28-19-8-7-15(24)11-17(19)22(16-5-3-4-6-18(16)25)31-20(23(28)30)12-21(29)27-10-9-26/h3-8,11,14,20,22H,10,12-13H2,1-2H3,(H,27,29)/t20-,22-/m0/s1. The highest BCUT2D eigenvalue weighted by Gasteiger charge is 2.38. The highest BCUT2D eigenvalue weighted by molar-refractivity contribution is 6.31. The van der Waals surface area contributed by atoms with Crippen LogP contribution in [0.2, 0.25) is 10.0 Å². The molecule has 0 saturated carbocycles. The number of benzene rings is 2. The van der Waals surface area contributed by atoms with E-state index >= 15 is 0 Å². The van der Waals surface area contributed by atoms with E-state index in [4.69, 9.17) is 33.2 Å². The Morgan fingerprint density at radius 1 is 1.23 bits per heavy atom. The van der Waals surface area contributed by atoms with E-state index < -0.39 is 18.1 Å². The molecule has 0 unspecified atom stereocenters. The molecule has 6 nitrogen and oxygen atoms in total. The predicted molar refractivity (Wildman–Crippen MR) is 120 cm³/mol. The van der Waals surface area contributed by atoms with Crippen LogP contribution >= 0.6 is 23.2 Å². The number of halogens is 2. The first-order chi connectivity index (χ1) is 14.8. The van der Waals surface area contributed by atoms with Crippen LogP contribution in [-0.2, 0) is 14.3 Å².